The molecule has 3 heteroatoms. The second kappa shape index (κ2) is 5.74. The smallest absolute Gasteiger partial charge is 0.0247 e. The number of nitrogens with one attached hydrogen (secondary N) is 1. The lowest BCUT2D eigenvalue weighted by Gasteiger charge is -2.46. The van der Waals surface area contributed by atoms with Crippen molar-refractivity contribution < 1.29 is 0 Å². The molecule has 2 aliphatic heterocycles. The average molecular weight is 242 g/mol. The van der Waals surface area contributed by atoms with Crippen LogP contribution in [-0.4, -0.2) is 47.6 Å². The van der Waals surface area contributed by atoms with Gasteiger partial charge in [0.1, 0.15) is 0 Å². The van der Waals surface area contributed by atoms with Crippen molar-refractivity contribution in [1.82, 2.24) is 10.2 Å². The third kappa shape index (κ3) is 2.93. The fraction of sp³-hybridized carbons (Fsp3) is 1.00. The van der Waals surface area contributed by atoms with Crippen LogP contribution in [0.25, 0.3) is 0 Å². The molecule has 0 radical (unpaired) electrons. The number of nitrogens with zero attached hydrogens (tertiary/aromatic N) is 1. The van der Waals surface area contributed by atoms with E-state index < -0.39 is 0 Å². The predicted molar refractivity (Wildman–Crippen MR) is 73.1 cm³/mol. The van der Waals surface area contributed by atoms with Crippen molar-refractivity contribution in [2.75, 3.05) is 24.6 Å². The molecule has 2 saturated heterocycles. The van der Waals surface area contributed by atoms with Crippen LogP contribution in [0.15, 0.2) is 0 Å². The monoisotopic (exact) mass is 242 g/mol. The van der Waals surface area contributed by atoms with Crippen molar-refractivity contribution >= 4 is 11.8 Å². The second-order valence-electron chi connectivity index (χ2n) is 5.66. The van der Waals surface area contributed by atoms with Gasteiger partial charge in [-0.05, 0) is 37.2 Å². The summed E-state index contributed by atoms with van der Waals surface area (Å²) in [6.45, 7) is 9.49. The molecule has 2 heterocycles. The lowest BCUT2D eigenvalue weighted by Crippen LogP contribution is -2.60. The van der Waals surface area contributed by atoms with E-state index in [2.05, 4.69) is 42.7 Å². The molecule has 2 unspecified atom stereocenters. The first-order valence-electron chi connectivity index (χ1n) is 6.75. The van der Waals surface area contributed by atoms with Gasteiger partial charge in [0.25, 0.3) is 0 Å². The molecule has 1 N–H and O–H groups in total. The highest BCUT2D eigenvalue weighted by Gasteiger charge is 2.33. The molecule has 2 aliphatic rings. The quantitative estimate of drug-likeness (QED) is 0.799. The molecule has 2 fully saturated rings. The molecule has 2 rings (SSSR count). The largest absolute Gasteiger partial charge is 0.311 e. The van der Waals surface area contributed by atoms with Gasteiger partial charge in [-0.3, -0.25) is 4.90 Å². The third-order valence-electron chi connectivity index (χ3n) is 4.02. The van der Waals surface area contributed by atoms with Crippen molar-refractivity contribution in [3.63, 3.8) is 0 Å². The second-order valence-corrected chi connectivity index (χ2v) is 6.89. The van der Waals surface area contributed by atoms with Gasteiger partial charge in [-0.1, -0.05) is 13.8 Å². The Morgan fingerprint density at radius 1 is 1.25 bits per heavy atom. The number of hydrogen-bond donors (Lipinski definition) is 1. The molecule has 0 aromatic rings. The Hall–Kier alpha value is 0.270. The maximum absolute atomic E-state index is 3.64. The minimum atomic E-state index is 0.671. The Balaban J connectivity index is 2.00. The number of rotatable bonds is 2. The summed E-state index contributed by atoms with van der Waals surface area (Å²) in [5, 5.41) is 3.64. The molecular weight excluding hydrogens is 216 g/mol. The van der Waals surface area contributed by atoms with Gasteiger partial charge in [-0.2, -0.15) is 11.8 Å². The topological polar surface area (TPSA) is 15.3 Å². The molecule has 2 nitrogen and oxygen atoms in total. The highest BCUT2D eigenvalue weighted by atomic mass is 32.2. The highest BCUT2D eigenvalue weighted by molar-refractivity contribution is 7.99. The van der Waals surface area contributed by atoms with Gasteiger partial charge in [0.2, 0.25) is 0 Å². The van der Waals surface area contributed by atoms with E-state index in [9.17, 15) is 0 Å². The SMILES string of the molecule is CC1CN(C2CCSCC2)C(C(C)C)CN1. The summed E-state index contributed by atoms with van der Waals surface area (Å²) in [5.74, 6) is 3.51. The summed E-state index contributed by atoms with van der Waals surface area (Å²) in [5.41, 5.74) is 0. The third-order valence-corrected chi connectivity index (χ3v) is 5.06. The van der Waals surface area contributed by atoms with Crippen LogP contribution in [0.3, 0.4) is 0 Å². The molecule has 0 aromatic heterocycles. The van der Waals surface area contributed by atoms with Crippen LogP contribution >= 0.6 is 11.8 Å². The molecule has 0 amide bonds. The standard InChI is InChI=1S/C13H26N2S/c1-10(2)13-8-14-11(3)9-15(13)12-4-6-16-7-5-12/h10-14H,4-9H2,1-3H3. The van der Waals surface area contributed by atoms with E-state index in [0.29, 0.717) is 6.04 Å². The maximum Gasteiger partial charge on any atom is 0.0247 e. The summed E-state index contributed by atoms with van der Waals surface area (Å²) < 4.78 is 0. The van der Waals surface area contributed by atoms with Crippen LogP contribution in [0.1, 0.15) is 33.6 Å². The van der Waals surface area contributed by atoms with Crippen molar-refractivity contribution in [3.8, 4) is 0 Å². The van der Waals surface area contributed by atoms with E-state index in [4.69, 9.17) is 0 Å². The fourth-order valence-electron chi connectivity index (χ4n) is 3.01. The van der Waals surface area contributed by atoms with Gasteiger partial charge >= 0.3 is 0 Å². The Kier molecular flexibility index (Phi) is 4.57. The minimum absolute atomic E-state index is 0.671. The Labute approximate surface area is 105 Å². The van der Waals surface area contributed by atoms with Crippen LogP contribution in [0.2, 0.25) is 0 Å². The van der Waals surface area contributed by atoms with Crippen LogP contribution < -0.4 is 5.32 Å². The fourth-order valence-corrected chi connectivity index (χ4v) is 4.09. The lowest BCUT2D eigenvalue weighted by atomic mass is 9.95. The van der Waals surface area contributed by atoms with Gasteiger partial charge in [0.05, 0.1) is 0 Å². The molecule has 0 bridgehead atoms. The first kappa shape index (κ1) is 12.7. The first-order chi connectivity index (χ1) is 7.68. The summed E-state index contributed by atoms with van der Waals surface area (Å²) in [4.78, 5) is 2.81. The van der Waals surface area contributed by atoms with E-state index in [-0.39, 0.29) is 0 Å². The van der Waals surface area contributed by atoms with Crippen LogP contribution in [0.5, 0.6) is 0 Å². The summed E-state index contributed by atoms with van der Waals surface area (Å²) in [6, 6.07) is 2.28. The van der Waals surface area contributed by atoms with Gasteiger partial charge < -0.3 is 5.32 Å². The lowest BCUT2D eigenvalue weighted by molar-refractivity contribution is 0.0551. The van der Waals surface area contributed by atoms with Gasteiger partial charge in [0.15, 0.2) is 0 Å². The summed E-state index contributed by atoms with van der Waals surface area (Å²) >= 11 is 2.13. The Bertz CT molecular complexity index is 214. The van der Waals surface area contributed by atoms with E-state index >= 15 is 0 Å². The van der Waals surface area contributed by atoms with E-state index in [1.165, 1.54) is 37.4 Å². The molecule has 2 atom stereocenters. The number of piperazine rings is 1. The molecule has 94 valence electrons. The number of hydrogen-bond acceptors (Lipinski definition) is 3. The van der Waals surface area contributed by atoms with E-state index in [1.54, 1.807) is 0 Å². The zero-order valence-electron chi connectivity index (χ0n) is 10.9. The summed E-state index contributed by atoms with van der Waals surface area (Å²) in [6.07, 6.45) is 2.81. The van der Waals surface area contributed by atoms with Crippen molar-refractivity contribution in [3.05, 3.63) is 0 Å². The predicted octanol–water partition coefficient (Wildman–Crippen LogP) is 2.20. The highest BCUT2D eigenvalue weighted by Crippen LogP contribution is 2.27. The van der Waals surface area contributed by atoms with Crippen molar-refractivity contribution in [2.45, 2.75) is 51.7 Å². The molecular formula is C13H26N2S. The maximum atomic E-state index is 3.64. The zero-order valence-corrected chi connectivity index (χ0v) is 11.7. The zero-order chi connectivity index (χ0) is 11.5. The van der Waals surface area contributed by atoms with Crippen molar-refractivity contribution in [2.24, 2.45) is 5.92 Å². The Morgan fingerprint density at radius 2 is 1.94 bits per heavy atom. The minimum Gasteiger partial charge on any atom is -0.311 e. The average Bonchev–Trinajstić information content (AvgIpc) is 2.29. The van der Waals surface area contributed by atoms with Crippen molar-refractivity contribution in [1.29, 1.82) is 0 Å². The van der Waals surface area contributed by atoms with E-state index in [0.717, 1.165) is 18.0 Å². The normalized spacial score (nSPS) is 34.5. The van der Waals surface area contributed by atoms with Crippen LogP contribution in [-0.2, 0) is 0 Å². The Morgan fingerprint density at radius 3 is 2.56 bits per heavy atom. The van der Waals surface area contributed by atoms with Gasteiger partial charge in [-0.25, -0.2) is 0 Å². The van der Waals surface area contributed by atoms with Crippen LogP contribution in [0.4, 0.5) is 0 Å². The molecule has 16 heavy (non-hydrogen) atoms. The molecule has 0 aromatic carbocycles. The summed E-state index contributed by atoms with van der Waals surface area (Å²) in [7, 11) is 0. The van der Waals surface area contributed by atoms with E-state index in [1.807, 2.05) is 0 Å². The van der Waals surface area contributed by atoms with Gasteiger partial charge in [0, 0.05) is 31.2 Å². The number of thioether (sulfide) groups is 1. The first-order valence-corrected chi connectivity index (χ1v) is 7.91. The molecule has 0 saturated carbocycles. The molecule has 0 spiro atoms. The van der Waals surface area contributed by atoms with Gasteiger partial charge in [-0.15, -0.1) is 0 Å². The van der Waals surface area contributed by atoms with Crippen LogP contribution in [0, 0.1) is 5.92 Å². The molecule has 0 aliphatic carbocycles.